The van der Waals surface area contributed by atoms with Gasteiger partial charge in [-0.05, 0) is 30.7 Å². The molecule has 0 saturated carbocycles. The maximum Gasteiger partial charge on any atom is 0.140 e. The zero-order valence-electron chi connectivity index (χ0n) is 15.2. The molecule has 0 fully saturated rings. The first-order chi connectivity index (χ1) is 12.4. The van der Waals surface area contributed by atoms with Crippen LogP contribution in [0.2, 0.25) is 0 Å². The monoisotopic (exact) mass is 383 g/mol. The Balaban J connectivity index is 1.74. The van der Waals surface area contributed by atoms with Crippen molar-refractivity contribution in [3.05, 3.63) is 52.9 Å². The Kier molecular flexibility index (Phi) is 4.32. The lowest BCUT2D eigenvalue weighted by Gasteiger charge is -2.15. The van der Waals surface area contributed by atoms with Crippen molar-refractivity contribution in [3.63, 3.8) is 0 Å². The highest BCUT2D eigenvalue weighted by atomic mass is 32.1. The number of thiazole rings is 2. The van der Waals surface area contributed by atoms with Gasteiger partial charge in [-0.3, -0.25) is 0 Å². The lowest BCUT2D eigenvalue weighted by Crippen LogP contribution is -2.09. The van der Waals surface area contributed by atoms with Crippen LogP contribution in [0.3, 0.4) is 0 Å². The number of hydrogen-bond donors (Lipinski definition) is 1. The summed E-state index contributed by atoms with van der Waals surface area (Å²) in [5.74, 6) is 0.874. The Morgan fingerprint density at radius 1 is 1.19 bits per heavy atom. The summed E-state index contributed by atoms with van der Waals surface area (Å²) in [5, 5.41) is 1.13. The molecule has 4 rings (SSSR count). The fraction of sp³-hybridized carbons (Fsp3) is 0.300. The predicted octanol–water partition coefficient (Wildman–Crippen LogP) is 6.19. The summed E-state index contributed by atoms with van der Waals surface area (Å²) < 4.78 is 7.38. The number of fused-ring (bicyclic) bond motifs is 1. The molecule has 134 valence electrons. The Morgan fingerprint density at radius 2 is 2.04 bits per heavy atom. The highest BCUT2D eigenvalue weighted by Gasteiger charge is 2.20. The number of hydrogen-bond acceptors (Lipinski definition) is 5. The van der Waals surface area contributed by atoms with Crippen LogP contribution in [0, 0.1) is 0 Å². The minimum atomic E-state index is -0.0339. The van der Waals surface area contributed by atoms with Crippen LogP contribution >= 0.6 is 22.7 Å². The fourth-order valence-electron chi connectivity index (χ4n) is 2.77. The highest BCUT2D eigenvalue weighted by molar-refractivity contribution is 7.17. The summed E-state index contributed by atoms with van der Waals surface area (Å²) in [6.07, 6.45) is 5.81. The van der Waals surface area contributed by atoms with Crippen molar-refractivity contribution in [1.82, 2.24) is 15.0 Å². The molecule has 0 amide bonds. The van der Waals surface area contributed by atoms with Crippen molar-refractivity contribution in [2.24, 2.45) is 0 Å². The number of aromatic nitrogens is 3. The number of benzene rings is 1. The van der Waals surface area contributed by atoms with Crippen LogP contribution in [0.4, 0.5) is 0 Å². The second-order valence-electron chi connectivity index (χ2n) is 7.36. The summed E-state index contributed by atoms with van der Waals surface area (Å²) in [5.41, 5.74) is 5.12. The summed E-state index contributed by atoms with van der Waals surface area (Å²) in [4.78, 5) is 13.4. The van der Waals surface area contributed by atoms with Gasteiger partial charge in [0.05, 0.1) is 25.6 Å². The quantitative estimate of drug-likeness (QED) is 0.457. The number of nitrogens with one attached hydrogen (secondary N) is 1. The van der Waals surface area contributed by atoms with Gasteiger partial charge in [0, 0.05) is 29.6 Å². The molecule has 1 atom stereocenters. The smallest absolute Gasteiger partial charge is 0.140 e. The topological polar surface area (TPSA) is 50.8 Å². The van der Waals surface area contributed by atoms with Crippen LogP contribution < -0.4 is 4.74 Å². The maximum atomic E-state index is 6.30. The molecule has 6 heteroatoms. The molecule has 0 saturated heterocycles. The minimum Gasteiger partial charge on any atom is -0.484 e. The second kappa shape index (κ2) is 6.52. The van der Waals surface area contributed by atoms with E-state index in [0.29, 0.717) is 0 Å². The van der Waals surface area contributed by atoms with Crippen LogP contribution in [0.5, 0.6) is 5.75 Å². The van der Waals surface area contributed by atoms with E-state index in [4.69, 9.17) is 4.74 Å². The van der Waals surface area contributed by atoms with Crippen LogP contribution in [-0.4, -0.2) is 15.0 Å². The molecule has 1 N–H and O–H groups in total. The van der Waals surface area contributed by atoms with Gasteiger partial charge >= 0.3 is 0 Å². The first kappa shape index (κ1) is 17.2. The predicted molar refractivity (Wildman–Crippen MR) is 109 cm³/mol. The number of ether oxygens (including phenoxy) is 1. The molecule has 3 aromatic heterocycles. The van der Waals surface area contributed by atoms with Crippen molar-refractivity contribution in [2.75, 3.05) is 0 Å². The van der Waals surface area contributed by atoms with Crippen LogP contribution in [0.15, 0.2) is 42.3 Å². The standard InChI is InChI=1S/C20H21N3OS2/c1-12(13-5-6-21-9-13)24-16-8-14(7-15-18(16)25-11-23-15)17-10-22-19(26-17)20(2,3)4/h5-12,21H,1-4H3/t12-/m0/s1. The van der Waals surface area contributed by atoms with Crippen molar-refractivity contribution in [1.29, 1.82) is 0 Å². The molecule has 0 unspecified atom stereocenters. The molecule has 0 aliphatic carbocycles. The zero-order chi connectivity index (χ0) is 18.3. The third kappa shape index (κ3) is 3.27. The molecule has 0 spiro atoms. The van der Waals surface area contributed by atoms with E-state index in [-0.39, 0.29) is 11.5 Å². The molecule has 4 aromatic rings. The van der Waals surface area contributed by atoms with Gasteiger partial charge in [0.1, 0.15) is 11.9 Å². The van der Waals surface area contributed by atoms with Crippen molar-refractivity contribution >= 4 is 32.9 Å². The average Bonchev–Trinajstić information content (AvgIpc) is 3.33. The Morgan fingerprint density at radius 3 is 2.73 bits per heavy atom. The number of aromatic amines is 1. The molecule has 0 aliphatic heterocycles. The second-order valence-corrected chi connectivity index (χ2v) is 9.24. The highest BCUT2D eigenvalue weighted by Crippen LogP contribution is 2.39. The first-order valence-electron chi connectivity index (χ1n) is 8.55. The maximum absolute atomic E-state index is 6.30. The zero-order valence-corrected chi connectivity index (χ0v) is 16.9. The number of H-pyrrole nitrogens is 1. The van der Waals surface area contributed by atoms with Gasteiger partial charge in [-0.1, -0.05) is 20.8 Å². The van der Waals surface area contributed by atoms with Gasteiger partial charge in [0.15, 0.2) is 0 Å². The number of rotatable bonds is 4. The van der Waals surface area contributed by atoms with E-state index in [1.807, 2.05) is 30.2 Å². The van der Waals surface area contributed by atoms with E-state index in [9.17, 15) is 0 Å². The average molecular weight is 384 g/mol. The van der Waals surface area contributed by atoms with Crippen molar-refractivity contribution < 1.29 is 4.74 Å². The molecule has 4 nitrogen and oxygen atoms in total. The Hall–Kier alpha value is -2.18. The summed E-state index contributed by atoms with van der Waals surface area (Å²) >= 11 is 3.34. The SMILES string of the molecule is C[C@H](Oc1cc(-c2cnc(C(C)(C)C)s2)cc2ncsc12)c1cc[nH]c1. The molecular formula is C20H21N3OS2. The van der Waals surface area contributed by atoms with Crippen LogP contribution in [-0.2, 0) is 5.41 Å². The minimum absolute atomic E-state index is 0.0339. The van der Waals surface area contributed by atoms with E-state index in [1.54, 1.807) is 22.7 Å². The summed E-state index contributed by atoms with van der Waals surface area (Å²) in [6, 6.07) is 6.28. The Labute approximate surface area is 160 Å². The molecule has 1 aromatic carbocycles. The van der Waals surface area contributed by atoms with Crippen LogP contribution in [0.25, 0.3) is 20.7 Å². The largest absolute Gasteiger partial charge is 0.484 e. The lowest BCUT2D eigenvalue weighted by atomic mass is 9.98. The van der Waals surface area contributed by atoms with Gasteiger partial charge < -0.3 is 9.72 Å². The summed E-state index contributed by atoms with van der Waals surface area (Å²) in [6.45, 7) is 8.62. The van der Waals surface area contributed by atoms with Crippen LogP contribution in [0.1, 0.15) is 44.4 Å². The molecule has 0 radical (unpaired) electrons. The fourth-order valence-corrected chi connectivity index (χ4v) is 4.46. The summed E-state index contributed by atoms with van der Waals surface area (Å²) in [7, 11) is 0. The van der Waals surface area contributed by atoms with Gasteiger partial charge in [-0.2, -0.15) is 0 Å². The van der Waals surface area contributed by atoms with Gasteiger partial charge in [-0.15, -0.1) is 22.7 Å². The Bertz CT molecular complexity index is 1030. The van der Waals surface area contributed by atoms with Crippen molar-refractivity contribution in [3.8, 4) is 16.2 Å². The molecular weight excluding hydrogens is 362 g/mol. The van der Waals surface area contributed by atoms with Gasteiger partial charge in [-0.25, -0.2) is 9.97 Å². The molecule has 0 bridgehead atoms. The lowest BCUT2D eigenvalue weighted by molar-refractivity contribution is 0.230. The molecule has 3 heterocycles. The van der Waals surface area contributed by atoms with Crippen molar-refractivity contribution in [2.45, 2.75) is 39.2 Å². The van der Waals surface area contributed by atoms with E-state index >= 15 is 0 Å². The third-order valence-corrected chi connectivity index (χ3v) is 6.55. The first-order valence-corrected chi connectivity index (χ1v) is 10.2. The van der Waals surface area contributed by atoms with E-state index in [0.717, 1.165) is 37.0 Å². The van der Waals surface area contributed by atoms with E-state index in [2.05, 4.69) is 54.8 Å². The molecule has 26 heavy (non-hydrogen) atoms. The van der Waals surface area contributed by atoms with Gasteiger partial charge in [0.25, 0.3) is 0 Å². The van der Waals surface area contributed by atoms with Gasteiger partial charge in [0.2, 0.25) is 0 Å². The van der Waals surface area contributed by atoms with E-state index < -0.39 is 0 Å². The van der Waals surface area contributed by atoms with E-state index in [1.165, 1.54) is 0 Å². The normalized spacial score (nSPS) is 13.2. The molecule has 0 aliphatic rings. The third-order valence-electron chi connectivity index (χ3n) is 4.22. The number of nitrogens with zero attached hydrogens (tertiary/aromatic N) is 2.